The van der Waals surface area contributed by atoms with Gasteiger partial charge in [-0.15, -0.1) is 23.1 Å². The van der Waals surface area contributed by atoms with Crippen molar-refractivity contribution < 1.29 is 18.8 Å². The highest BCUT2D eigenvalue weighted by Crippen LogP contribution is 2.30. The zero-order valence-corrected chi connectivity index (χ0v) is 20.0. The Kier molecular flexibility index (Phi) is 8.00. The molecule has 0 atom stereocenters. The van der Waals surface area contributed by atoms with Crippen molar-refractivity contribution in [1.29, 1.82) is 0 Å². The van der Waals surface area contributed by atoms with Crippen LogP contribution in [-0.2, 0) is 27.2 Å². The smallest absolute Gasteiger partial charge is 0.267 e. The molecule has 2 aromatic heterocycles. The summed E-state index contributed by atoms with van der Waals surface area (Å²) >= 11 is 3.09. The van der Waals surface area contributed by atoms with Gasteiger partial charge in [-0.05, 0) is 11.6 Å². The first-order valence-corrected chi connectivity index (χ1v) is 11.7. The summed E-state index contributed by atoms with van der Waals surface area (Å²) in [5, 5.41) is 0.764. The fourth-order valence-electron chi connectivity index (χ4n) is 2.62. The molecular formula is C23H25N3O4S2. The summed E-state index contributed by atoms with van der Waals surface area (Å²) in [4.78, 5) is 37.2. The molecule has 32 heavy (non-hydrogen) atoms. The number of carbonyl (C=O) groups is 2. The minimum Gasteiger partial charge on any atom is -0.444 e. The number of aromatic nitrogens is 2. The van der Waals surface area contributed by atoms with Crippen LogP contribution in [0.15, 0.2) is 51.4 Å². The van der Waals surface area contributed by atoms with Crippen LogP contribution in [0.2, 0.25) is 0 Å². The van der Waals surface area contributed by atoms with Crippen molar-refractivity contribution in [3.8, 4) is 0 Å². The largest absolute Gasteiger partial charge is 0.444 e. The molecule has 0 unspecified atom stereocenters. The standard InChI is InChI=1S/C23H25N3O4S2/c1-23(2,3)18-12-24-20(30-18)14-31-22-13-25-21(32-22)11-17(27)16-8-5-15(6-9-16)7-10-19(28)26-29-4/h5-10,12-13H,11,14H2,1-4H3,(H,26,28)/b10-7+. The van der Waals surface area contributed by atoms with Gasteiger partial charge in [-0.2, -0.15) is 0 Å². The molecule has 0 bridgehead atoms. The summed E-state index contributed by atoms with van der Waals surface area (Å²) in [5.41, 5.74) is 3.54. The van der Waals surface area contributed by atoms with Crippen molar-refractivity contribution in [2.24, 2.45) is 0 Å². The zero-order chi connectivity index (χ0) is 23.1. The third-order valence-electron chi connectivity index (χ3n) is 4.34. The third-order valence-corrected chi connectivity index (χ3v) is 6.51. The molecule has 0 aliphatic carbocycles. The fourth-order valence-corrected chi connectivity index (χ4v) is 4.50. The Labute approximate surface area is 195 Å². The number of hydrogen-bond donors (Lipinski definition) is 1. The van der Waals surface area contributed by atoms with Crippen LogP contribution in [0.3, 0.4) is 0 Å². The molecule has 0 saturated heterocycles. The molecule has 168 valence electrons. The number of rotatable bonds is 9. The summed E-state index contributed by atoms with van der Waals surface area (Å²) < 4.78 is 6.83. The lowest BCUT2D eigenvalue weighted by Crippen LogP contribution is -2.18. The summed E-state index contributed by atoms with van der Waals surface area (Å²) in [6.45, 7) is 6.26. The molecule has 1 amide bonds. The van der Waals surface area contributed by atoms with Crippen LogP contribution in [0.5, 0.6) is 0 Å². The molecule has 0 aliphatic heterocycles. The van der Waals surface area contributed by atoms with E-state index in [0.29, 0.717) is 17.2 Å². The topological polar surface area (TPSA) is 94.3 Å². The van der Waals surface area contributed by atoms with E-state index < -0.39 is 0 Å². The van der Waals surface area contributed by atoms with E-state index >= 15 is 0 Å². The number of oxazole rings is 1. The van der Waals surface area contributed by atoms with Gasteiger partial charge < -0.3 is 4.42 Å². The van der Waals surface area contributed by atoms with Gasteiger partial charge in [0.25, 0.3) is 5.91 Å². The fraction of sp³-hybridized carbons (Fsp3) is 0.304. The van der Waals surface area contributed by atoms with Crippen LogP contribution >= 0.6 is 23.1 Å². The van der Waals surface area contributed by atoms with Crippen LogP contribution in [0.1, 0.15) is 53.4 Å². The lowest BCUT2D eigenvalue weighted by Gasteiger charge is -2.12. The number of thiazole rings is 1. The predicted molar refractivity (Wildman–Crippen MR) is 126 cm³/mol. The van der Waals surface area contributed by atoms with E-state index in [2.05, 4.69) is 41.1 Å². The van der Waals surface area contributed by atoms with Crippen LogP contribution in [0.4, 0.5) is 0 Å². The second kappa shape index (κ2) is 10.7. The number of ketones is 1. The number of carbonyl (C=O) groups excluding carboxylic acids is 2. The molecule has 0 saturated carbocycles. The highest BCUT2D eigenvalue weighted by atomic mass is 32.2. The second-order valence-electron chi connectivity index (χ2n) is 7.96. The summed E-state index contributed by atoms with van der Waals surface area (Å²) in [5.74, 6) is 1.79. The molecular weight excluding hydrogens is 446 g/mol. The van der Waals surface area contributed by atoms with Crippen LogP contribution < -0.4 is 5.48 Å². The van der Waals surface area contributed by atoms with Crippen LogP contribution in [-0.4, -0.2) is 28.8 Å². The maximum Gasteiger partial charge on any atom is 0.267 e. The number of hydrogen-bond acceptors (Lipinski definition) is 8. The first-order valence-electron chi connectivity index (χ1n) is 9.91. The quantitative estimate of drug-likeness (QED) is 0.207. The first kappa shape index (κ1) is 23.9. The summed E-state index contributed by atoms with van der Waals surface area (Å²) in [6.07, 6.45) is 6.80. The number of hydroxylamine groups is 1. The number of nitrogens with zero attached hydrogens (tertiary/aromatic N) is 2. The van der Waals surface area contributed by atoms with E-state index in [-0.39, 0.29) is 23.5 Å². The normalized spacial score (nSPS) is 11.8. The van der Waals surface area contributed by atoms with Gasteiger partial charge in [0.05, 0.1) is 35.9 Å². The first-order chi connectivity index (χ1) is 15.2. The monoisotopic (exact) mass is 471 g/mol. The Bertz CT molecular complexity index is 1100. The Morgan fingerprint density at radius 1 is 1.19 bits per heavy atom. The van der Waals surface area contributed by atoms with Crippen molar-refractivity contribution in [2.45, 2.75) is 42.6 Å². The zero-order valence-electron chi connectivity index (χ0n) is 18.4. The van der Waals surface area contributed by atoms with Crippen LogP contribution in [0, 0.1) is 0 Å². The minimum absolute atomic E-state index is 0.00826. The average Bonchev–Trinajstić information content (AvgIpc) is 3.40. The lowest BCUT2D eigenvalue weighted by molar-refractivity contribution is -0.126. The third kappa shape index (κ3) is 6.88. The van der Waals surface area contributed by atoms with Gasteiger partial charge in [0.2, 0.25) is 5.89 Å². The molecule has 0 spiro atoms. The van der Waals surface area contributed by atoms with Crippen molar-refractivity contribution >= 4 is 40.9 Å². The highest BCUT2D eigenvalue weighted by molar-refractivity contribution is 8.00. The van der Waals surface area contributed by atoms with E-state index in [0.717, 1.165) is 20.5 Å². The molecule has 0 radical (unpaired) electrons. The molecule has 2 heterocycles. The Morgan fingerprint density at radius 2 is 1.94 bits per heavy atom. The van der Waals surface area contributed by atoms with Crippen molar-refractivity contribution in [3.05, 3.63) is 70.5 Å². The van der Waals surface area contributed by atoms with Gasteiger partial charge in [0.15, 0.2) is 5.78 Å². The molecule has 7 nitrogen and oxygen atoms in total. The van der Waals surface area contributed by atoms with Crippen LogP contribution in [0.25, 0.3) is 6.08 Å². The van der Waals surface area contributed by atoms with Gasteiger partial charge in [-0.1, -0.05) is 45.0 Å². The van der Waals surface area contributed by atoms with Crippen molar-refractivity contribution in [3.63, 3.8) is 0 Å². The number of thioether (sulfide) groups is 1. The van der Waals surface area contributed by atoms with E-state index in [1.165, 1.54) is 24.5 Å². The maximum atomic E-state index is 12.6. The number of amides is 1. The lowest BCUT2D eigenvalue weighted by atomic mass is 9.94. The minimum atomic E-state index is -0.359. The predicted octanol–water partition coefficient (Wildman–Crippen LogP) is 4.84. The van der Waals surface area contributed by atoms with Crippen molar-refractivity contribution in [1.82, 2.24) is 15.4 Å². The SMILES string of the molecule is CONC(=O)/C=C/c1ccc(C(=O)Cc2ncc(SCc3ncc(C(C)(C)C)o3)s2)cc1. The molecule has 1 N–H and O–H groups in total. The molecule has 0 fully saturated rings. The highest BCUT2D eigenvalue weighted by Gasteiger charge is 2.19. The van der Waals surface area contributed by atoms with Crippen molar-refractivity contribution in [2.75, 3.05) is 7.11 Å². The van der Waals surface area contributed by atoms with Gasteiger partial charge >= 0.3 is 0 Å². The van der Waals surface area contributed by atoms with Gasteiger partial charge in [-0.3, -0.25) is 14.4 Å². The van der Waals surface area contributed by atoms with E-state index in [1.807, 2.05) is 0 Å². The Morgan fingerprint density at radius 3 is 2.59 bits per heavy atom. The molecule has 9 heteroatoms. The van der Waals surface area contributed by atoms with Gasteiger partial charge in [0, 0.05) is 17.1 Å². The number of Topliss-reactive ketones (excluding diaryl/α,β-unsaturated/α-hetero) is 1. The number of benzene rings is 1. The second-order valence-corrected chi connectivity index (χ2v) is 10.3. The number of nitrogens with one attached hydrogen (secondary N) is 1. The van der Waals surface area contributed by atoms with Gasteiger partial charge in [-0.25, -0.2) is 15.4 Å². The molecule has 0 aliphatic rings. The maximum absolute atomic E-state index is 12.6. The summed E-state index contributed by atoms with van der Waals surface area (Å²) in [7, 11) is 1.37. The average molecular weight is 472 g/mol. The molecule has 1 aromatic carbocycles. The Balaban J connectivity index is 1.53. The van der Waals surface area contributed by atoms with E-state index in [1.54, 1.807) is 54.5 Å². The van der Waals surface area contributed by atoms with Gasteiger partial charge in [0.1, 0.15) is 10.8 Å². The molecule has 3 rings (SSSR count). The Hall–Kier alpha value is -2.75. The van der Waals surface area contributed by atoms with E-state index in [4.69, 9.17) is 4.42 Å². The summed E-state index contributed by atoms with van der Waals surface area (Å²) in [6, 6.07) is 7.06. The molecule has 3 aromatic rings. The van der Waals surface area contributed by atoms with E-state index in [9.17, 15) is 9.59 Å².